The highest BCUT2D eigenvalue weighted by molar-refractivity contribution is 7.99. The van der Waals surface area contributed by atoms with Crippen LogP contribution < -0.4 is 10.9 Å². The summed E-state index contributed by atoms with van der Waals surface area (Å²) in [6, 6.07) is 11.5. The molecule has 0 saturated carbocycles. The number of hydrogen-bond donors (Lipinski definition) is 2. The largest absolute Gasteiger partial charge is 0.350 e. The number of rotatable bonds is 6. The van der Waals surface area contributed by atoms with Crippen molar-refractivity contribution in [2.75, 3.05) is 5.75 Å². The number of carbonyl (C=O) groups excluding carboxylic acids is 1. The Kier molecular flexibility index (Phi) is 5.27. The highest BCUT2D eigenvalue weighted by atomic mass is 32.2. The van der Waals surface area contributed by atoms with Crippen molar-refractivity contribution >= 4 is 40.0 Å². The second-order valence-corrected chi connectivity index (χ2v) is 8.07. The number of nitrogens with zero attached hydrogens (tertiary/aromatic N) is 3. The molecule has 0 spiro atoms. The molecule has 1 aromatic carbocycles. The number of aryl methyl sites for hydroxylation is 1. The van der Waals surface area contributed by atoms with Crippen LogP contribution in [0.3, 0.4) is 0 Å². The Hall–Kier alpha value is -2.91. The Bertz CT molecular complexity index is 1180. The van der Waals surface area contributed by atoms with Crippen LogP contribution in [0, 0.1) is 6.92 Å². The number of benzene rings is 1. The van der Waals surface area contributed by atoms with Crippen molar-refractivity contribution in [3.63, 3.8) is 0 Å². The lowest BCUT2D eigenvalue weighted by Gasteiger charge is -2.13. The van der Waals surface area contributed by atoms with Crippen molar-refractivity contribution in [3.8, 4) is 5.69 Å². The third-order valence-electron chi connectivity index (χ3n) is 4.18. The average Bonchev–Trinajstić information content (AvgIpc) is 3.37. The minimum Gasteiger partial charge on any atom is -0.350 e. The number of para-hydroxylation sites is 1. The van der Waals surface area contributed by atoms with E-state index in [2.05, 4.69) is 20.5 Å². The van der Waals surface area contributed by atoms with Crippen molar-refractivity contribution in [2.24, 2.45) is 0 Å². The maximum absolute atomic E-state index is 13.0. The van der Waals surface area contributed by atoms with Crippen molar-refractivity contribution in [3.05, 3.63) is 68.8 Å². The first-order valence-electron chi connectivity index (χ1n) is 8.57. The number of aromatic nitrogens is 4. The van der Waals surface area contributed by atoms with Crippen LogP contribution in [0.4, 0.5) is 0 Å². The van der Waals surface area contributed by atoms with E-state index in [1.54, 1.807) is 15.9 Å². The number of nitrogens with one attached hydrogen (secondary N) is 2. The van der Waals surface area contributed by atoms with Gasteiger partial charge in [0.2, 0.25) is 5.91 Å². The van der Waals surface area contributed by atoms with Gasteiger partial charge >= 0.3 is 0 Å². The van der Waals surface area contributed by atoms with Crippen LogP contribution in [0.1, 0.15) is 10.4 Å². The van der Waals surface area contributed by atoms with Crippen LogP contribution in [0.15, 0.2) is 57.9 Å². The van der Waals surface area contributed by atoms with Gasteiger partial charge in [0.05, 0.1) is 24.2 Å². The van der Waals surface area contributed by atoms with Gasteiger partial charge < -0.3 is 5.32 Å². The first kappa shape index (κ1) is 18.5. The van der Waals surface area contributed by atoms with Gasteiger partial charge in [-0.25, -0.2) is 4.98 Å². The van der Waals surface area contributed by atoms with E-state index < -0.39 is 0 Å². The fraction of sp³-hybridized carbons (Fsp3) is 0.158. The Labute approximate surface area is 168 Å². The van der Waals surface area contributed by atoms with E-state index in [4.69, 9.17) is 0 Å². The Morgan fingerprint density at radius 3 is 2.93 bits per heavy atom. The van der Waals surface area contributed by atoms with Crippen LogP contribution in [-0.4, -0.2) is 31.4 Å². The van der Waals surface area contributed by atoms with Gasteiger partial charge in [0.1, 0.15) is 5.39 Å². The van der Waals surface area contributed by atoms with Crippen LogP contribution in [0.2, 0.25) is 0 Å². The summed E-state index contributed by atoms with van der Waals surface area (Å²) in [5, 5.41) is 12.4. The number of fused-ring (bicyclic) bond motifs is 1. The highest BCUT2D eigenvalue weighted by Gasteiger charge is 2.17. The molecule has 1 amide bonds. The normalized spacial score (nSPS) is 11.0. The average molecular weight is 412 g/mol. The molecule has 28 heavy (non-hydrogen) atoms. The zero-order valence-electron chi connectivity index (χ0n) is 15.0. The molecule has 0 atom stereocenters. The molecule has 0 unspecified atom stereocenters. The van der Waals surface area contributed by atoms with Crippen molar-refractivity contribution < 1.29 is 4.79 Å². The molecule has 0 bridgehead atoms. The number of H-pyrrole nitrogens is 1. The zero-order valence-corrected chi connectivity index (χ0v) is 16.6. The minimum atomic E-state index is -0.213. The van der Waals surface area contributed by atoms with E-state index in [0.717, 1.165) is 16.1 Å². The molecule has 7 nitrogen and oxygen atoms in total. The fourth-order valence-corrected chi connectivity index (χ4v) is 4.25. The highest BCUT2D eigenvalue weighted by Crippen LogP contribution is 2.22. The van der Waals surface area contributed by atoms with E-state index in [1.165, 1.54) is 18.0 Å². The fourth-order valence-electron chi connectivity index (χ4n) is 2.78. The summed E-state index contributed by atoms with van der Waals surface area (Å²) in [6.45, 7) is 2.43. The molecule has 9 heteroatoms. The summed E-state index contributed by atoms with van der Waals surface area (Å²) in [7, 11) is 0. The summed E-state index contributed by atoms with van der Waals surface area (Å²) in [5.74, 6) is 0.0391. The van der Waals surface area contributed by atoms with Gasteiger partial charge in [-0.1, -0.05) is 36.0 Å². The standard InChI is InChI=1S/C19H17N5O2S2/c1-12-5-2-3-7-15(12)24-18(26)14-10-21-23-17(14)22-19(24)28-11-16(25)20-9-13-6-4-8-27-13/h2-8,10H,9,11H2,1H3,(H,20,25)(H,21,23). The number of aromatic amines is 1. The smallest absolute Gasteiger partial charge is 0.269 e. The Balaban J connectivity index is 1.62. The first-order chi connectivity index (χ1) is 13.6. The molecule has 142 valence electrons. The lowest BCUT2D eigenvalue weighted by Crippen LogP contribution is -2.26. The van der Waals surface area contributed by atoms with Gasteiger partial charge in [0.15, 0.2) is 10.8 Å². The number of thioether (sulfide) groups is 1. The predicted octanol–water partition coefficient (Wildman–Crippen LogP) is 2.89. The maximum atomic E-state index is 13.0. The third kappa shape index (κ3) is 3.71. The molecule has 0 aliphatic carbocycles. The molecular weight excluding hydrogens is 394 g/mol. The lowest BCUT2D eigenvalue weighted by molar-refractivity contribution is -0.118. The van der Waals surface area contributed by atoms with E-state index in [9.17, 15) is 9.59 Å². The van der Waals surface area contributed by atoms with Crippen LogP contribution >= 0.6 is 23.1 Å². The summed E-state index contributed by atoms with van der Waals surface area (Å²) in [6.07, 6.45) is 1.47. The van der Waals surface area contributed by atoms with E-state index in [1.807, 2.05) is 48.7 Å². The van der Waals surface area contributed by atoms with Gasteiger partial charge in [0.25, 0.3) is 5.56 Å². The van der Waals surface area contributed by atoms with E-state index in [-0.39, 0.29) is 17.2 Å². The Morgan fingerprint density at radius 1 is 1.29 bits per heavy atom. The zero-order chi connectivity index (χ0) is 19.5. The molecule has 0 aliphatic heterocycles. The minimum absolute atomic E-state index is 0.117. The number of hydrogen-bond acceptors (Lipinski definition) is 6. The number of amides is 1. The van der Waals surface area contributed by atoms with Crippen LogP contribution in [0.5, 0.6) is 0 Å². The third-order valence-corrected chi connectivity index (χ3v) is 6.00. The van der Waals surface area contributed by atoms with Gasteiger partial charge in [-0.2, -0.15) is 5.10 Å². The van der Waals surface area contributed by atoms with Crippen LogP contribution in [0.25, 0.3) is 16.7 Å². The van der Waals surface area contributed by atoms with Gasteiger partial charge in [0, 0.05) is 4.88 Å². The molecule has 3 aromatic heterocycles. The van der Waals surface area contributed by atoms with Gasteiger partial charge in [-0.15, -0.1) is 11.3 Å². The molecule has 4 aromatic rings. The molecule has 0 saturated heterocycles. The summed E-state index contributed by atoms with van der Waals surface area (Å²) < 4.78 is 1.55. The summed E-state index contributed by atoms with van der Waals surface area (Å²) in [5.41, 5.74) is 1.88. The van der Waals surface area contributed by atoms with Crippen molar-refractivity contribution in [1.29, 1.82) is 0 Å². The maximum Gasteiger partial charge on any atom is 0.269 e. The predicted molar refractivity (Wildman–Crippen MR) is 111 cm³/mol. The summed E-state index contributed by atoms with van der Waals surface area (Å²) in [4.78, 5) is 30.9. The van der Waals surface area contributed by atoms with Gasteiger partial charge in [-0.05, 0) is 30.0 Å². The van der Waals surface area contributed by atoms with E-state index in [0.29, 0.717) is 22.7 Å². The molecular formula is C19H17N5O2S2. The Morgan fingerprint density at radius 2 is 2.14 bits per heavy atom. The molecule has 3 heterocycles. The first-order valence-corrected chi connectivity index (χ1v) is 10.4. The van der Waals surface area contributed by atoms with Gasteiger partial charge in [-0.3, -0.25) is 19.3 Å². The number of carbonyl (C=O) groups is 1. The molecule has 0 radical (unpaired) electrons. The van der Waals surface area contributed by atoms with E-state index >= 15 is 0 Å². The number of thiophene rings is 1. The summed E-state index contributed by atoms with van der Waals surface area (Å²) >= 11 is 2.82. The molecule has 0 fully saturated rings. The second kappa shape index (κ2) is 7.99. The molecule has 2 N–H and O–H groups in total. The van der Waals surface area contributed by atoms with Crippen molar-refractivity contribution in [1.82, 2.24) is 25.1 Å². The molecule has 4 rings (SSSR count). The second-order valence-electron chi connectivity index (χ2n) is 6.10. The van der Waals surface area contributed by atoms with Crippen molar-refractivity contribution in [2.45, 2.75) is 18.6 Å². The topological polar surface area (TPSA) is 92.7 Å². The quantitative estimate of drug-likeness (QED) is 0.376. The monoisotopic (exact) mass is 411 g/mol. The molecule has 0 aliphatic rings. The lowest BCUT2D eigenvalue weighted by atomic mass is 10.2. The van der Waals surface area contributed by atoms with Crippen LogP contribution in [-0.2, 0) is 11.3 Å². The SMILES string of the molecule is Cc1ccccc1-n1c(SCC(=O)NCc2cccs2)nc2[nH]ncc2c1=O.